The van der Waals surface area contributed by atoms with Crippen molar-refractivity contribution < 1.29 is 19.2 Å². The summed E-state index contributed by atoms with van der Waals surface area (Å²) < 4.78 is 9.95. The number of piperidine rings is 2. The van der Waals surface area contributed by atoms with Crippen LogP contribution in [0.1, 0.15) is 68.3 Å². The summed E-state index contributed by atoms with van der Waals surface area (Å²) in [5.41, 5.74) is 8.37. The zero-order chi connectivity index (χ0) is 48.0. The first-order chi connectivity index (χ1) is 33.4. The number of nitrogens with one attached hydrogen (secondary N) is 3. The molecule has 3 aromatic carbocycles. The average Bonchev–Trinajstić information content (AvgIpc) is 3.91. The van der Waals surface area contributed by atoms with Crippen molar-refractivity contribution in [2.24, 2.45) is 7.05 Å². The summed E-state index contributed by atoms with van der Waals surface area (Å²) in [5.74, 6) is 1.05. The molecule has 18 heteroatoms. The fourth-order valence-electron chi connectivity index (χ4n) is 11.4. The Morgan fingerprint density at radius 3 is 2.43 bits per heavy atom. The first-order valence-electron chi connectivity index (χ1n) is 24.6. The van der Waals surface area contributed by atoms with E-state index in [4.69, 9.17) is 14.7 Å². The Morgan fingerprint density at radius 1 is 0.913 bits per heavy atom. The van der Waals surface area contributed by atoms with E-state index in [9.17, 15) is 19.3 Å². The molecule has 0 bridgehead atoms. The van der Waals surface area contributed by atoms with Crippen molar-refractivity contribution in [3.8, 4) is 5.75 Å². The van der Waals surface area contributed by atoms with Crippen molar-refractivity contribution in [2.45, 2.75) is 77.3 Å². The van der Waals surface area contributed by atoms with Gasteiger partial charge >= 0.3 is 231 Å². The number of fused-ring (bicyclic) bond motifs is 2. The molecule has 0 radical (unpaired) electrons. The van der Waals surface area contributed by atoms with Crippen LogP contribution in [0.4, 0.5) is 28.8 Å². The number of halogens is 1. The second kappa shape index (κ2) is 19.7. The second-order valence-electron chi connectivity index (χ2n) is 19.2. The third-order valence-corrected chi connectivity index (χ3v) is 19.5. The molecule has 10 rings (SSSR count). The normalized spacial score (nSPS) is 19.9. The van der Waals surface area contributed by atoms with Gasteiger partial charge in [-0.2, -0.15) is 0 Å². The molecule has 3 aromatic heterocycles. The molecule has 1 atom stereocenters. The van der Waals surface area contributed by atoms with Crippen LogP contribution in [0, 0.1) is 6.92 Å². The van der Waals surface area contributed by atoms with E-state index in [1.165, 1.54) is 11.3 Å². The first-order valence-corrected chi connectivity index (χ1v) is 27.7. The van der Waals surface area contributed by atoms with Crippen LogP contribution in [0.3, 0.4) is 0 Å². The Morgan fingerprint density at radius 2 is 1.70 bits per heavy atom. The molecule has 1 unspecified atom stereocenters. The number of nitrogens with zero attached hydrogens (tertiary/aromatic N) is 8. The summed E-state index contributed by atoms with van der Waals surface area (Å²) in [5, 5.41) is 11.5. The SMILES string of the molecule is CCc1cc(Nc2ncc(Br)c(Nc3ccc4nc(C)ccc4c3[PH]3(O)CCCC3)n2)c(OC)cc1N1CCC(N2CCN(CCc3cccc4c3n(C)c(=O)n4C3CCC(=O)NC3=O)CC2)CC1. The monoisotopic (exact) mass is 1020 g/mol. The number of imide groups is 1. The topological polar surface area (TPSA) is 175 Å². The first kappa shape index (κ1) is 47.2. The molecule has 0 spiro atoms. The van der Waals surface area contributed by atoms with Gasteiger partial charge in [-0.3, -0.25) is 28.9 Å². The van der Waals surface area contributed by atoms with E-state index in [0.717, 1.165) is 152 Å². The van der Waals surface area contributed by atoms with E-state index in [2.05, 4.69) is 82.8 Å². The Labute approximate surface area is 411 Å². The number of pyridine rings is 1. The number of benzene rings is 3. The van der Waals surface area contributed by atoms with Crippen LogP contribution in [0.5, 0.6) is 5.75 Å². The van der Waals surface area contributed by atoms with Crippen LogP contribution in [0.15, 0.2) is 70.1 Å². The van der Waals surface area contributed by atoms with Crippen LogP contribution in [0.2, 0.25) is 0 Å². The molecule has 16 nitrogen and oxygen atoms in total. The van der Waals surface area contributed by atoms with Gasteiger partial charge in [0.2, 0.25) is 11.8 Å². The molecule has 4 N–H and O–H groups in total. The van der Waals surface area contributed by atoms with E-state index >= 15 is 0 Å². The number of ether oxygens (including phenoxy) is 1. The minimum Gasteiger partial charge on any atom is -0.300 e. The van der Waals surface area contributed by atoms with Gasteiger partial charge in [0.1, 0.15) is 6.04 Å². The fraction of sp³-hybridized carbons (Fsp3) is 0.451. The number of aryl methyl sites for hydroxylation is 3. The molecule has 0 aliphatic carbocycles. The molecule has 2 amide bonds. The zero-order valence-corrected chi connectivity index (χ0v) is 42.6. The van der Waals surface area contributed by atoms with Crippen LogP contribution in [0.25, 0.3) is 21.9 Å². The second-order valence-corrected chi connectivity index (χ2v) is 23.6. The molecule has 4 aliphatic rings. The number of carbonyl (C=O) groups is 2. The molecule has 69 heavy (non-hydrogen) atoms. The third kappa shape index (κ3) is 9.36. The molecule has 364 valence electrons. The summed E-state index contributed by atoms with van der Waals surface area (Å²) in [7, 11) is 0.732. The predicted molar refractivity (Wildman–Crippen MR) is 280 cm³/mol. The maximum atomic E-state index is 13.5. The maximum absolute atomic E-state index is 13.5. The van der Waals surface area contributed by atoms with Crippen molar-refractivity contribution in [2.75, 3.05) is 80.8 Å². The average molecular weight is 1020 g/mol. The van der Waals surface area contributed by atoms with Crippen LogP contribution in [-0.4, -0.2) is 122 Å². The summed E-state index contributed by atoms with van der Waals surface area (Å²) in [6.45, 7) is 11.0. The van der Waals surface area contributed by atoms with Gasteiger partial charge in [0.15, 0.2) is 0 Å². The molecule has 4 aliphatic heterocycles. The van der Waals surface area contributed by atoms with E-state index in [0.29, 0.717) is 28.7 Å². The van der Waals surface area contributed by atoms with Gasteiger partial charge < -0.3 is 4.90 Å². The van der Waals surface area contributed by atoms with Gasteiger partial charge in [0, 0.05) is 65.3 Å². The minimum atomic E-state index is -2.74. The molecular weight excluding hydrogens is 958 g/mol. The number of methoxy groups -OCH3 is 1. The van der Waals surface area contributed by atoms with Crippen molar-refractivity contribution in [3.05, 3.63) is 92.6 Å². The quantitative estimate of drug-likeness (QED) is 0.0713. The fourth-order valence-corrected chi connectivity index (χ4v) is 15.5. The van der Waals surface area contributed by atoms with Gasteiger partial charge in [-0.1, -0.05) is 12.1 Å². The van der Waals surface area contributed by atoms with Crippen LogP contribution < -0.4 is 36.6 Å². The van der Waals surface area contributed by atoms with Crippen molar-refractivity contribution >= 4 is 91.3 Å². The summed E-state index contributed by atoms with van der Waals surface area (Å²) >= 11 is 3.69. The number of amides is 2. The number of piperazine rings is 1. The summed E-state index contributed by atoms with van der Waals surface area (Å²) in [4.78, 5) is 72.2. The number of aromatic nitrogens is 5. The predicted octanol–water partition coefficient (Wildman–Crippen LogP) is 6.69. The van der Waals surface area contributed by atoms with Gasteiger partial charge in [0.25, 0.3) is 0 Å². The Kier molecular flexibility index (Phi) is 13.5. The van der Waals surface area contributed by atoms with Crippen molar-refractivity contribution in [1.29, 1.82) is 0 Å². The van der Waals surface area contributed by atoms with E-state index in [-0.39, 0.29) is 18.0 Å². The molecule has 0 saturated carbocycles. The zero-order valence-electron chi connectivity index (χ0n) is 40.0. The summed E-state index contributed by atoms with van der Waals surface area (Å²) in [6.07, 6.45) is 9.84. The Balaban J connectivity index is 0.769. The number of hydrogen-bond donors (Lipinski definition) is 4. The number of rotatable bonds is 13. The van der Waals surface area contributed by atoms with Gasteiger partial charge in [-0.15, -0.1) is 0 Å². The number of hydrogen-bond acceptors (Lipinski definition) is 13. The van der Waals surface area contributed by atoms with Gasteiger partial charge in [-0.25, -0.2) is 4.79 Å². The minimum absolute atomic E-state index is 0.221. The molecule has 6 aromatic rings. The van der Waals surface area contributed by atoms with E-state index in [1.807, 2.05) is 37.3 Å². The molecule has 4 fully saturated rings. The number of carbonyl (C=O) groups excluding carboxylic acids is 2. The molecule has 7 heterocycles. The van der Waals surface area contributed by atoms with Crippen LogP contribution in [-0.2, 0) is 29.5 Å². The number of imidazole rings is 1. The van der Waals surface area contributed by atoms with E-state index < -0.39 is 19.4 Å². The molecule has 4 saturated heterocycles. The summed E-state index contributed by atoms with van der Waals surface area (Å²) in [6, 6.07) is 18.3. The standard InChI is InChI=1S/C51H63BrN11O5P/c1-5-33-29-40(56-50-53-31-37(52)48(58-50)55-39-14-13-38-36(12-11-32(2)54-38)47(39)69(67)27-6-7-28-69)44(68-4)30-43(33)62-21-18-35(19-22-62)61-25-23-60(24-26-61)20-17-34-9-8-10-41-46(34)59(3)51(66)63(41)42-15-16-45(64)57-49(42)65/h8-14,29-31,35,42,67,69H,5-7,15-28H2,1-4H3,(H,57,64,65)(H2,53,55,56,58). The van der Waals surface area contributed by atoms with E-state index in [1.54, 1.807) is 29.5 Å². The van der Waals surface area contributed by atoms with Crippen LogP contribution >= 0.6 is 23.4 Å². The Bertz CT molecular complexity index is 2990. The third-order valence-electron chi connectivity index (χ3n) is 15.1. The number of anilines is 5. The molecular formula is C51H63BrN11O5P. The van der Waals surface area contributed by atoms with Crippen molar-refractivity contribution in [3.63, 3.8) is 0 Å². The van der Waals surface area contributed by atoms with Gasteiger partial charge in [-0.05, 0) is 37.3 Å². The van der Waals surface area contributed by atoms with Crippen molar-refractivity contribution in [1.82, 2.24) is 39.2 Å². The number of para-hydroxylation sites is 1. The van der Waals surface area contributed by atoms with Gasteiger partial charge in [0.05, 0.1) is 11.0 Å². The Hall–Kier alpha value is -5.45. The smallest absolute Gasteiger partial charge is 0.300 e.